The molecule has 3 rings (SSSR count). The van der Waals surface area contributed by atoms with E-state index in [2.05, 4.69) is 5.32 Å². The number of hydrogen-bond acceptors (Lipinski definition) is 3. The number of carbonyl (C=O) groups is 1. The number of nitrogens with one attached hydrogen (secondary N) is 1. The van der Waals surface area contributed by atoms with Crippen LogP contribution in [0.2, 0.25) is 0 Å². The van der Waals surface area contributed by atoms with Crippen LogP contribution >= 0.6 is 0 Å². The second-order valence-electron chi connectivity index (χ2n) is 7.03. The number of aryl methyl sites for hydroxylation is 1. The molecule has 2 aliphatic rings. The highest BCUT2D eigenvalue weighted by atomic mass is 16.5. The van der Waals surface area contributed by atoms with Gasteiger partial charge in [-0.15, -0.1) is 0 Å². The zero-order chi connectivity index (χ0) is 16.1. The fourth-order valence-electron chi connectivity index (χ4n) is 3.34. The van der Waals surface area contributed by atoms with Crippen LogP contribution in [0.3, 0.4) is 0 Å². The molecule has 0 bridgehead atoms. The van der Waals surface area contributed by atoms with Crippen LogP contribution in [0.15, 0.2) is 24.3 Å². The molecule has 0 atom stereocenters. The van der Waals surface area contributed by atoms with Crippen LogP contribution in [0.5, 0.6) is 5.75 Å². The lowest BCUT2D eigenvalue weighted by molar-refractivity contribution is -0.123. The maximum absolute atomic E-state index is 11.9. The van der Waals surface area contributed by atoms with Crippen molar-refractivity contribution in [2.24, 2.45) is 0 Å². The number of aliphatic hydroxyl groups is 1. The first kappa shape index (κ1) is 16.3. The van der Waals surface area contributed by atoms with E-state index in [-0.39, 0.29) is 5.91 Å². The Morgan fingerprint density at radius 2 is 2.04 bits per heavy atom. The van der Waals surface area contributed by atoms with Gasteiger partial charge in [-0.25, -0.2) is 0 Å². The van der Waals surface area contributed by atoms with Crippen LogP contribution in [0, 0.1) is 0 Å². The Morgan fingerprint density at radius 3 is 2.74 bits per heavy atom. The Kier molecular flexibility index (Phi) is 5.21. The van der Waals surface area contributed by atoms with Gasteiger partial charge in [0.1, 0.15) is 5.75 Å². The first-order chi connectivity index (χ1) is 11.1. The molecule has 2 aliphatic carbocycles. The highest BCUT2D eigenvalue weighted by Gasteiger charge is 2.34. The normalized spacial score (nSPS) is 20.0. The van der Waals surface area contributed by atoms with Gasteiger partial charge in [0, 0.05) is 13.0 Å². The third-order valence-electron chi connectivity index (χ3n) is 5.04. The van der Waals surface area contributed by atoms with Gasteiger partial charge in [-0.2, -0.15) is 0 Å². The van der Waals surface area contributed by atoms with Crippen LogP contribution in [0.4, 0.5) is 0 Å². The average molecular weight is 317 g/mol. The molecule has 2 saturated carbocycles. The fourth-order valence-corrected chi connectivity index (χ4v) is 3.34. The molecule has 1 aromatic carbocycles. The van der Waals surface area contributed by atoms with E-state index in [0.29, 0.717) is 25.5 Å². The number of ether oxygens (including phenoxy) is 1. The van der Waals surface area contributed by atoms with Crippen molar-refractivity contribution in [1.29, 1.82) is 0 Å². The van der Waals surface area contributed by atoms with Crippen molar-refractivity contribution in [2.45, 2.75) is 69.5 Å². The van der Waals surface area contributed by atoms with Crippen molar-refractivity contribution < 1.29 is 14.6 Å². The first-order valence-electron chi connectivity index (χ1n) is 8.88. The second-order valence-corrected chi connectivity index (χ2v) is 7.03. The molecule has 2 N–H and O–H groups in total. The standard InChI is InChI=1S/C19H27NO3/c21-18(20-14-19(22)11-4-12-19)10-9-15-5-3-8-17(13-15)23-16-6-1-2-7-16/h3,5,8,13,16,22H,1-2,4,6-7,9-12,14H2,(H,20,21). The van der Waals surface area contributed by atoms with Gasteiger partial charge in [0.15, 0.2) is 0 Å². The Labute approximate surface area is 138 Å². The molecule has 0 aromatic heterocycles. The summed E-state index contributed by atoms with van der Waals surface area (Å²) in [7, 11) is 0. The lowest BCUT2D eigenvalue weighted by Gasteiger charge is -2.36. The van der Waals surface area contributed by atoms with E-state index in [0.717, 1.165) is 43.4 Å². The van der Waals surface area contributed by atoms with E-state index < -0.39 is 5.60 Å². The highest BCUT2D eigenvalue weighted by molar-refractivity contribution is 5.76. The zero-order valence-corrected chi connectivity index (χ0v) is 13.7. The van der Waals surface area contributed by atoms with Gasteiger partial charge >= 0.3 is 0 Å². The Balaban J connectivity index is 1.43. The van der Waals surface area contributed by atoms with Crippen LogP contribution in [0.1, 0.15) is 56.9 Å². The monoisotopic (exact) mass is 317 g/mol. The predicted octanol–water partition coefficient (Wildman–Crippen LogP) is 2.97. The number of rotatable bonds is 7. The van der Waals surface area contributed by atoms with Gasteiger partial charge in [-0.05, 0) is 69.1 Å². The van der Waals surface area contributed by atoms with Gasteiger partial charge in [0.05, 0.1) is 11.7 Å². The van der Waals surface area contributed by atoms with Crippen LogP contribution in [-0.4, -0.2) is 29.3 Å². The van der Waals surface area contributed by atoms with Crippen molar-refractivity contribution in [3.63, 3.8) is 0 Å². The summed E-state index contributed by atoms with van der Waals surface area (Å²) in [6.45, 7) is 0.386. The van der Waals surface area contributed by atoms with E-state index in [1.165, 1.54) is 12.8 Å². The molecule has 0 radical (unpaired) electrons. The van der Waals surface area contributed by atoms with E-state index in [1.54, 1.807) is 0 Å². The summed E-state index contributed by atoms with van der Waals surface area (Å²) < 4.78 is 6.00. The van der Waals surface area contributed by atoms with Gasteiger partial charge in [-0.1, -0.05) is 12.1 Å². The summed E-state index contributed by atoms with van der Waals surface area (Å²) in [4.78, 5) is 11.9. The van der Waals surface area contributed by atoms with Crippen molar-refractivity contribution >= 4 is 5.91 Å². The Morgan fingerprint density at radius 1 is 1.26 bits per heavy atom. The second kappa shape index (κ2) is 7.35. The fraction of sp³-hybridized carbons (Fsp3) is 0.632. The third-order valence-corrected chi connectivity index (χ3v) is 5.04. The summed E-state index contributed by atoms with van der Waals surface area (Å²) in [5.41, 5.74) is 0.475. The topological polar surface area (TPSA) is 58.6 Å². The van der Waals surface area contributed by atoms with E-state index in [9.17, 15) is 9.90 Å². The van der Waals surface area contributed by atoms with Gasteiger partial charge < -0.3 is 15.2 Å². The third kappa shape index (κ3) is 4.71. The van der Waals surface area contributed by atoms with E-state index in [4.69, 9.17) is 4.74 Å². The lowest BCUT2D eigenvalue weighted by Crippen LogP contribution is -2.47. The van der Waals surface area contributed by atoms with Crippen molar-refractivity contribution in [1.82, 2.24) is 5.32 Å². The summed E-state index contributed by atoms with van der Waals surface area (Å²) >= 11 is 0. The van der Waals surface area contributed by atoms with Gasteiger partial charge in [0.2, 0.25) is 5.91 Å². The molecule has 0 heterocycles. The van der Waals surface area contributed by atoms with Crippen molar-refractivity contribution in [3.8, 4) is 5.75 Å². The maximum Gasteiger partial charge on any atom is 0.220 e. The summed E-state index contributed by atoms with van der Waals surface area (Å²) in [5, 5.41) is 12.8. The zero-order valence-electron chi connectivity index (χ0n) is 13.7. The number of carbonyl (C=O) groups excluding carboxylic acids is 1. The minimum atomic E-state index is -0.648. The average Bonchev–Trinajstić information content (AvgIpc) is 3.02. The Bertz CT molecular complexity index is 533. The van der Waals surface area contributed by atoms with E-state index >= 15 is 0 Å². The minimum Gasteiger partial charge on any atom is -0.490 e. The van der Waals surface area contributed by atoms with Crippen LogP contribution < -0.4 is 10.1 Å². The van der Waals surface area contributed by atoms with E-state index in [1.807, 2.05) is 24.3 Å². The SMILES string of the molecule is O=C(CCc1cccc(OC2CCCC2)c1)NCC1(O)CCC1. The quantitative estimate of drug-likeness (QED) is 0.813. The largest absolute Gasteiger partial charge is 0.490 e. The molecule has 126 valence electrons. The number of amides is 1. The lowest BCUT2D eigenvalue weighted by atomic mass is 9.80. The molecular weight excluding hydrogens is 290 g/mol. The highest BCUT2D eigenvalue weighted by Crippen LogP contribution is 2.30. The summed E-state index contributed by atoms with van der Waals surface area (Å²) in [6, 6.07) is 8.07. The molecule has 2 fully saturated rings. The predicted molar refractivity (Wildman–Crippen MR) is 89.5 cm³/mol. The summed E-state index contributed by atoms with van der Waals surface area (Å²) in [6.07, 6.45) is 8.98. The molecule has 0 aliphatic heterocycles. The minimum absolute atomic E-state index is 0.00689. The van der Waals surface area contributed by atoms with Gasteiger partial charge in [-0.3, -0.25) is 4.79 Å². The molecular formula is C19H27NO3. The van der Waals surface area contributed by atoms with Crippen LogP contribution in [0.25, 0.3) is 0 Å². The summed E-state index contributed by atoms with van der Waals surface area (Å²) in [5.74, 6) is 0.922. The molecule has 0 saturated heterocycles. The first-order valence-corrected chi connectivity index (χ1v) is 8.88. The number of hydrogen-bond donors (Lipinski definition) is 2. The molecule has 0 spiro atoms. The van der Waals surface area contributed by atoms with Crippen molar-refractivity contribution in [2.75, 3.05) is 6.54 Å². The number of benzene rings is 1. The molecule has 4 nitrogen and oxygen atoms in total. The molecule has 4 heteroatoms. The van der Waals surface area contributed by atoms with Gasteiger partial charge in [0.25, 0.3) is 0 Å². The molecule has 0 unspecified atom stereocenters. The molecule has 1 amide bonds. The maximum atomic E-state index is 11.9. The Hall–Kier alpha value is -1.55. The molecule has 23 heavy (non-hydrogen) atoms. The van der Waals surface area contributed by atoms with Crippen molar-refractivity contribution in [3.05, 3.63) is 29.8 Å². The van der Waals surface area contributed by atoms with Crippen LogP contribution in [-0.2, 0) is 11.2 Å². The smallest absolute Gasteiger partial charge is 0.220 e. The molecule has 1 aromatic rings.